The molecule has 0 saturated carbocycles. The summed E-state index contributed by atoms with van der Waals surface area (Å²) in [5, 5.41) is 2.23. The van der Waals surface area contributed by atoms with Gasteiger partial charge in [0.15, 0.2) is 11.6 Å². The molecule has 0 spiro atoms. The van der Waals surface area contributed by atoms with Gasteiger partial charge in [-0.3, -0.25) is 4.99 Å². The third-order valence-corrected chi connectivity index (χ3v) is 13.5. The number of methoxy groups -OCH3 is 4. The average molecular weight is 1070 g/mol. The lowest BCUT2D eigenvalue weighted by atomic mass is 9.98. The van der Waals surface area contributed by atoms with Gasteiger partial charge in [0.2, 0.25) is 5.22 Å². The Morgan fingerprint density at radius 2 is 1.20 bits per heavy atom. The van der Waals surface area contributed by atoms with Crippen LogP contribution in [0.1, 0.15) is 51.9 Å². The molecule has 12 nitrogen and oxygen atoms in total. The molecule has 0 bridgehead atoms. The maximum atomic E-state index is 17.9. The lowest BCUT2D eigenvalue weighted by Crippen LogP contribution is -2.45. The minimum absolute atomic E-state index is 0.0347. The molecular formula is C56H50Cl2F5N7O5. The average Bonchev–Trinajstić information content (AvgIpc) is 3.56. The summed E-state index contributed by atoms with van der Waals surface area (Å²) in [6, 6.07) is 31.3. The Hall–Kier alpha value is -7.76. The molecule has 5 aromatic carbocycles. The van der Waals surface area contributed by atoms with E-state index in [4.69, 9.17) is 46.9 Å². The van der Waals surface area contributed by atoms with Gasteiger partial charge in [-0.15, -0.1) is 0 Å². The molecule has 1 N–H and O–H groups in total. The minimum Gasteiger partial charge on any atom is -0.497 e. The molecular weight excluding hydrogens is 1020 g/mol. The van der Waals surface area contributed by atoms with Crippen LogP contribution in [0, 0.1) is 18.6 Å². The van der Waals surface area contributed by atoms with Crippen LogP contribution in [0.3, 0.4) is 0 Å². The second kappa shape index (κ2) is 22.0. The number of ether oxygens (including phenoxy) is 5. The molecule has 4 heterocycles. The van der Waals surface area contributed by atoms with E-state index in [1.54, 1.807) is 69.4 Å². The number of nitrogens with zero attached hydrogens (tertiary/aromatic N) is 6. The summed E-state index contributed by atoms with van der Waals surface area (Å²) < 4.78 is 108. The van der Waals surface area contributed by atoms with E-state index in [0.29, 0.717) is 47.5 Å². The van der Waals surface area contributed by atoms with Crippen LogP contribution < -0.4 is 49.4 Å². The van der Waals surface area contributed by atoms with E-state index in [9.17, 15) is 0 Å². The summed E-state index contributed by atoms with van der Waals surface area (Å²) in [7, 11) is 6.25. The monoisotopic (exact) mass is 1070 g/mol. The standard InChI is InChI=1S/C56H50Cl2F5N7O5/c1-32-23-45(68(26-34-7-15-39(71-3)16-8-34)27-35-9-17-40(72-4)18-10-35)67-51(48(32)56(61,62)63)46-49(58)52-47-53(50(46)60)75-44(57)30-70(55(47)66-31-65-52)33(2)43-24-38(59)25-64-54(43)69(28-36-11-19-41(73-5)20-12-36)29-37-13-21-42(74-6)22-14-37/h7-25,30,33,66H,26-29,31H2,1-6H3. The summed E-state index contributed by atoms with van der Waals surface area (Å²) >= 11 is 14.0. The highest BCUT2D eigenvalue weighted by molar-refractivity contribution is 6.33. The van der Waals surface area contributed by atoms with Crippen LogP contribution in [0.4, 0.5) is 33.6 Å². The summed E-state index contributed by atoms with van der Waals surface area (Å²) in [6.45, 7) is 3.91. The second-order valence-corrected chi connectivity index (χ2v) is 18.5. The SMILES string of the molecule is COc1ccc(CN(Cc2ccc(OC)cc2)c2cc(C)c(C(F)(F)F)c(-c3c(F)c4c5c(c3Cl)=NCNC=5N(C(C)c3cc(F)cnc3N(Cc3ccc(OC)cc3)Cc3ccc(OC)cc3)C=C(Cl)O4)n2)cc1. The summed E-state index contributed by atoms with van der Waals surface area (Å²) in [5.41, 5.74) is 0.826. The number of alkyl halides is 3. The van der Waals surface area contributed by atoms with Crippen molar-refractivity contribution < 1.29 is 45.6 Å². The fraction of sp³-hybridized carbons (Fsp3) is 0.232. The first-order chi connectivity index (χ1) is 36.1. The van der Waals surface area contributed by atoms with Crippen LogP contribution in [-0.2, 0) is 32.4 Å². The number of aryl methyl sites for hydroxylation is 1. The molecule has 0 fully saturated rings. The highest BCUT2D eigenvalue weighted by atomic mass is 35.5. The summed E-state index contributed by atoms with van der Waals surface area (Å²) in [4.78, 5) is 19.3. The van der Waals surface area contributed by atoms with Crippen molar-refractivity contribution in [3.05, 3.63) is 193 Å². The molecule has 9 rings (SSSR count). The van der Waals surface area contributed by atoms with Gasteiger partial charge in [0, 0.05) is 31.7 Å². The summed E-state index contributed by atoms with van der Waals surface area (Å²) in [5.74, 6) is 0.771. The van der Waals surface area contributed by atoms with Crippen molar-refractivity contribution in [1.82, 2.24) is 20.2 Å². The molecule has 7 aromatic rings. The number of aromatic nitrogens is 2. The van der Waals surface area contributed by atoms with Crippen LogP contribution in [0.2, 0.25) is 5.02 Å². The van der Waals surface area contributed by atoms with Gasteiger partial charge in [-0.1, -0.05) is 60.1 Å². The van der Waals surface area contributed by atoms with Crippen LogP contribution in [0.5, 0.6) is 28.7 Å². The summed E-state index contributed by atoms with van der Waals surface area (Å²) in [6.07, 6.45) is -2.53. The number of benzene rings is 5. The highest BCUT2D eigenvalue weighted by Gasteiger charge is 2.40. The smallest absolute Gasteiger partial charge is 0.418 e. The van der Waals surface area contributed by atoms with Crippen LogP contribution in [0.15, 0.2) is 132 Å². The Labute approximate surface area is 439 Å². The molecule has 388 valence electrons. The minimum atomic E-state index is -5.03. The Morgan fingerprint density at radius 1 is 0.720 bits per heavy atom. The van der Waals surface area contributed by atoms with E-state index in [1.807, 2.05) is 77.7 Å². The van der Waals surface area contributed by atoms with Gasteiger partial charge in [-0.05, 0) is 114 Å². The predicted molar refractivity (Wildman–Crippen MR) is 277 cm³/mol. The molecule has 0 amide bonds. The quantitative estimate of drug-likeness (QED) is 0.0881. The first-order valence-corrected chi connectivity index (χ1v) is 24.3. The van der Waals surface area contributed by atoms with E-state index in [-0.39, 0.29) is 52.8 Å². The molecule has 75 heavy (non-hydrogen) atoms. The zero-order chi connectivity index (χ0) is 53.1. The van der Waals surface area contributed by atoms with Crippen LogP contribution >= 0.6 is 23.2 Å². The van der Waals surface area contributed by atoms with E-state index in [1.165, 1.54) is 25.3 Å². The molecule has 2 aliphatic heterocycles. The first kappa shape index (κ1) is 52.1. The van der Waals surface area contributed by atoms with Crippen molar-refractivity contribution in [3.8, 4) is 40.0 Å². The van der Waals surface area contributed by atoms with Crippen molar-refractivity contribution in [1.29, 1.82) is 0 Å². The van der Waals surface area contributed by atoms with Crippen LogP contribution in [-0.4, -0.2) is 50.0 Å². The Morgan fingerprint density at radius 3 is 1.67 bits per heavy atom. The topological polar surface area (TPSA) is 106 Å². The van der Waals surface area contributed by atoms with Crippen molar-refractivity contribution in [2.24, 2.45) is 4.99 Å². The van der Waals surface area contributed by atoms with Crippen molar-refractivity contribution in [3.63, 3.8) is 0 Å². The van der Waals surface area contributed by atoms with Gasteiger partial charge in [0.05, 0.1) is 79.3 Å². The van der Waals surface area contributed by atoms with Gasteiger partial charge >= 0.3 is 6.18 Å². The van der Waals surface area contributed by atoms with E-state index in [2.05, 4.69) is 20.3 Å². The molecule has 19 heteroatoms. The number of hydrogen-bond donors (Lipinski definition) is 1. The number of anilines is 2. The number of rotatable bonds is 17. The van der Waals surface area contributed by atoms with E-state index in [0.717, 1.165) is 28.5 Å². The first-order valence-electron chi connectivity index (χ1n) is 23.5. The van der Waals surface area contributed by atoms with Gasteiger partial charge in [-0.25, -0.2) is 18.7 Å². The molecule has 0 aliphatic carbocycles. The number of halogens is 7. The van der Waals surface area contributed by atoms with Gasteiger partial charge in [-0.2, -0.15) is 13.2 Å². The fourth-order valence-corrected chi connectivity index (χ4v) is 9.70. The number of hydrogen-bond acceptors (Lipinski definition) is 12. The number of nitrogens with one attached hydrogen (secondary N) is 1. The predicted octanol–water partition coefficient (Wildman–Crippen LogP) is 11.6. The van der Waals surface area contributed by atoms with Gasteiger partial charge in [0.1, 0.15) is 52.9 Å². The molecule has 2 aliphatic rings. The molecule has 2 aromatic heterocycles. The third kappa shape index (κ3) is 11.1. The van der Waals surface area contributed by atoms with E-state index < -0.39 is 51.4 Å². The fourth-order valence-electron chi connectivity index (χ4n) is 9.19. The zero-order valence-corrected chi connectivity index (χ0v) is 43.0. The Kier molecular flexibility index (Phi) is 15.3. The molecule has 0 saturated heterocycles. The highest BCUT2D eigenvalue weighted by Crippen LogP contribution is 2.45. The maximum Gasteiger partial charge on any atom is 0.418 e. The normalized spacial score (nSPS) is 13.3. The van der Waals surface area contributed by atoms with Crippen molar-refractivity contribution >= 4 is 40.7 Å². The molecule has 1 unspecified atom stereocenters. The van der Waals surface area contributed by atoms with Crippen molar-refractivity contribution in [2.45, 2.75) is 52.2 Å². The lowest BCUT2D eigenvalue weighted by Gasteiger charge is -2.34. The molecule has 1 atom stereocenters. The Balaban J connectivity index is 1.18. The van der Waals surface area contributed by atoms with Crippen LogP contribution in [0.25, 0.3) is 17.1 Å². The largest absolute Gasteiger partial charge is 0.497 e. The zero-order valence-electron chi connectivity index (χ0n) is 41.5. The second-order valence-electron chi connectivity index (χ2n) is 17.7. The third-order valence-electron chi connectivity index (χ3n) is 12.9. The van der Waals surface area contributed by atoms with Gasteiger partial charge < -0.3 is 43.7 Å². The van der Waals surface area contributed by atoms with Gasteiger partial charge in [0.25, 0.3) is 0 Å². The lowest BCUT2D eigenvalue weighted by molar-refractivity contribution is -0.137. The van der Waals surface area contributed by atoms with Crippen molar-refractivity contribution in [2.75, 3.05) is 44.9 Å². The molecule has 0 radical (unpaired) electrons. The maximum absolute atomic E-state index is 17.9. The Bertz CT molecular complexity index is 3290. The van der Waals surface area contributed by atoms with E-state index >= 15 is 22.0 Å². The number of pyridine rings is 2.